The van der Waals surface area contributed by atoms with Crippen LogP contribution in [0.5, 0.6) is 0 Å². The van der Waals surface area contributed by atoms with E-state index >= 15 is 0 Å². The van der Waals surface area contributed by atoms with Gasteiger partial charge in [-0.15, -0.1) is 0 Å². The van der Waals surface area contributed by atoms with Gasteiger partial charge in [-0.3, -0.25) is 0 Å². The van der Waals surface area contributed by atoms with Crippen LogP contribution < -0.4 is 0 Å². The quantitative estimate of drug-likeness (QED) is 0.749. The fraction of sp³-hybridized carbons (Fsp3) is 1.00. The Morgan fingerprint density at radius 3 is 2.67 bits per heavy atom. The maximum absolute atomic E-state index is 10.8. The number of unbranched alkanes of at least 4 members (excludes halogenated alkanes) is 1. The maximum atomic E-state index is 10.8. The minimum Gasteiger partial charge on any atom is -0.390 e. The van der Waals surface area contributed by atoms with E-state index in [4.69, 9.17) is 0 Å². The van der Waals surface area contributed by atoms with E-state index in [2.05, 4.69) is 13.8 Å². The van der Waals surface area contributed by atoms with Crippen LogP contribution in [0.3, 0.4) is 0 Å². The predicted octanol–water partition coefficient (Wildman–Crippen LogP) is 3.75. The number of aliphatic hydroxyl groups is 1. The van der Waals surface area contributed by atoms with Gasteiger partial charge in [0, 0.05) is 0 Å². The van der Waals surface area contributed by atoms with E-state index in [1.54, 1.807) is 0 Å². The predicted molar refractivity (Wildman–Crippen MR) is 63.7 cm³/mol. The summed E-state index contributed by atoms with van der Waals surface area (Å²) < 4.78 is 0. The van der Waals surface area contributed by atoms with Gasteiger partial charge in [0.15, 0.2) is 0 Å². The van der Waals surface area contributed by atoms with Gasteiger partial charge in [0.25, 0.3) is 0 Å². The molecule has 0 saturated heterocycles. The molecule has 0 amide bonds. The number of hydrogen-bond acceptors (Lipinski definition) is 1. The van der Waals surface area contributed by atoms with Crippen LogP contribution in [0.1, 0.15) is 65.2 Å². The summed E-state index contributed by atoms with van der Waals surface area (Å²) in [6, 6.07) is 0. The molecule has 4 atom stereocenters. The monoisotopic (exact) mass is 210 g/mol. The largest absolute Gasteiger partial charge is 0.390 e. The summed E-state index contributed by atoms with van der Waals surface area (Å²) in [4.78, 5) is 0. The molecule has 2 fully saturated rings. The summed E-state index contributed by atoms with van der Waals surface area (Å²) in [5, 5.41) is 10.8. The van der Waals surface area contributed by atoms with E-state index in [1.165, 1.54) is 38.5 Å². The molecular formula is C14H26O. The third kappa shape index (κ3) is 1.95. The highest BCUT2D eigenvalue weighted by molar-refractivity contribution is 5.01. The first kappa shape index (κ1) is 11.4. The molecule has 0 radical (unpaired) electrons. The molecule has 1 heteroatoms. The van der Waals surface area contributed by atoms with Crippen LogP contribution in [0.25, 0.3) is 0 Å². The van der Waals surface area contributed by atoms with Crippen LogP contribution in [-0.4, -0.2) is 10.7 Å². The smallest absolute Gasteiger partial charge is 0.0678 e. The van der Waals surface area contributed by atoms with Crippen molar-refractivity contribution in [1.29, 1.82) is 0 Å². The molecule has 2 aliphatic carbocycles. The van der Waals surface area contributed by atoms with Crippen molar-refractivity contribution in [2.45, 2.75) is 70.8 Å². The Hall–Kier alpha value is -0.0400. The molecule has 15 heavy (non-hydrogen) atoms. The topological polar surface area (TPSA) is 20.2 Å². The summed E-state index contributed by atoms with van der Waals surface area (Å²) in [6.07, 6.45) is 9.81. The first-order valence-electron chi connectivity index (χ1n) is 6.93. The van der Waals surface area contributed by atoms with Gasteiger partial charge >= 0.3 is 0 Å². The minimum atomic E-state index is -0.288. The Balaban J connectivity index is 2.06. The molecule has 88 valence electrons. The second-order valence-electron chi connectivity index (χ2n) is 5.76. The van der Waals surface area contributed by atoms with Gasteiger partial charge in [-0.05, 0) is 49.9 Å². The zero-order valence-electron chi connectivity index (χ0n) is 10.3. The molecule has 1 nitrogen and oxygen atoms in total. The molecule has 2 saturated carbocycles. The van der Waals surface area contributed by atoms with Crippen LogP contribution in [0.15, 0.2) is 0 Å². The van der Waals surface area contributed by atoms with Crippen molar-refractivity contribution in [3.05, 3.63) is 0 Å². The minimum absolute atomic E-state index is 0.288. The standard InChI is InChI=1S/C14H26O/c1-3-5-9-14(15)10-8-11-6-7-13(14)12(11)4-2/h11-13,15H,3-10H2,1-2H3. The van der Waals surface area contributed by atoms with Gasteiger partial charge < -0.3 is 5.11 Å². The zero-order valence-corrected chi connectivity index (χ0v) is 10.3. The first-order valence-corrected chi connectivity index (χ1v) is 6.93. The molecule has 2 bridgehead atoms. The highest BCUT2D eigenvalue weighted by Gasteiger charge is 2.50. The van der Waals surface area contributed by atoms with Crippen molar-refractivity contribution in [2.75, 3.05) is 0 Å². The second kappa shape index (κ2) is 4.45. The van der Waals surface area contributed by atoms with Crippen LogP contribution in [0.4, 0.5) is 0 Å². The molecule has 0 aromatic rings. The second-order valence-corrected chi connectivity index (χ2v) is 5.76. The SMILES string of the molecule is CCCCC1(O)CCC2CCC1C2CC. The Morgan fingerprint density at radius 1 is 1.20 bits per heavy atom. The van der Waals surface area contributed by atoms with Gasteiger partial charge in [0.2, 0.25) is 0 Å². The molecule has 2 aliphatic rings. The number of hydrogen-bond donors (Lipinski definition) is 1. The molecule has 2 rings (SSSR count). The highest BCUT2D eigenvalue weighted by atomic mass is 16.3. The lowest BCUT2D eigenvalue weighted by atomic mass is 9.66. The molecule has 4 unspecified atom stereocenters. The molecular weight excluding hydrogens is 184 g/mol. The molecule has 0 aliphatic heterocycles. The lowest BCUT2D eigenvalue weighted by Gasteiger charge is -2.43. The van der Waals surface area contributed by atoms with Crippen molar-refractivity contribution in [3.8, 4) is 0 Å². The van der Waals surface area contributed by atoms with Gasteiger partial charge in [-0.25, -0.2) is 0 Å². The van der Waals surface area contributed by atoms with Crippen molar-refractivity contribution in [3.63, 3.8) is 0 Å². The average molecular weight is 210 g/mol. The summed E-state index contributed by atoms with van der Waals surface area (Å²) in [5.74, 6) is 2.41. The fourth-order valence-corrected chi connectivity index (χ4v) is 4.21. The Labute approximate surface area is 94.3 Å². The molecule has 0 spiro atoms. The van der Waals surface area contributed by atoms with Crippen LogP contribution in [0, 0.1) is 17.8 Å². The molecule has 0 aromatic heterocycles. The maximum Gasteiger partial charge on any atom is 0.0678 e. The molecule has 0 heterocycles. The number of fused-ring (bicyclic) bond motifs is 2. The third-order valence-electron chi connectivity index (χ3n) is 5.04. The normalized spacial score (nSPS) is 44.6. The van der Waals surface area contributed by atoms with Gasteiger partial charge in [-0.1, -0.05) is 33.1 Å². The van der Waals surface area contributed by atoms with Crippen LogP contribution in [-0.2, 0) is 0 Å². The highest BCUT2D eigenvalue weighted by Crippen LogP contribution is 2.54. The Bertz CT molecular complexity index is 213. The molecule has 0 aromatic carbocycles. The van der Waals surface area contributed by atoms with Crippen LogP contribution in [0.2, 0.25) is 0 Å². The van der Waals surface area contributed by atoms with E-state index in [9.17, 15) is 5.11 Å². The average Bonchev–Trinajstić information content (AvgIpc) is 2.59. The Morgan fingerprint density at radius 2 is 2.00 bits per heavy atom. The fourth-order valence-electron chi connectivity index (χ4n) is 4.21. The summed E-state index contributed by atoms with van der Waals surface area (Å²) in [7, 11) is 0. The lowest BCUT2D eigenvalue weighted by molar-refractivity contribution is -0.0767. The molecule has 1 N–H and O–H groups in total. The van der Waals surface area contributed by atoms with E-state index in [1.807, 2.05) is 0 Å². The first-order chi connectivity index (χ1) is 7.21. The van der Waals surface area contributed by atoms with Gasteiger partial charge in [-0.2, -0.15) is 0 Å². The van der Waals surface area contributed by atoms with Crippen LogP contribution >= 0.6 is 0 Å². The van der Waals surface area contributed by atoms with Crippen molar-refractivity contribution >= 4 is 0 Å². The summed E-state index contributed by atoms with van der Waals surface area (Å²) in [6.45, 7) is 4.53. The van der Waals surface area contributed by atoms with E-state index in [-0.39, 0.29) is 5.60 Å². The lowest BCUT2D eigenvalue weighted by Crippen LogP contribution is -2.44. The van der Waals surface area contributed by atoms with E-state index in [0.29, 0.717) is 5.92 Å². The zero-order chi connectivity index (χ0) is 10.9. The van der Waals surface area contributed by atoms with Crippen molar-refractivity contribution in [2.24, 2.45) is 17.8 Å². The van der Waals surface area contributed by atoms with E-state index in [0.717, 1.165) is 24.7 Å². The summed E-state index contributed by atoms with van der Waals surface area (Å²) >= 11 is 0. The summed E-state index contributed by atoms with van der Waals surface area (Å²) in [5.41, 5.74) is -0.288. The number of rotatable bonds is 4. The van der Waals surface area contributed by atoms with Crippen molar-refractivity contribution < 1.29 is 5.11 Å². The third-order valence-corrected chi connectivity index (χ3v) is 5.04. The van der Waals surface area contributed by atoms with E-state index < -0.39 is 0 Å². The van der Waals surface area contributed by atoms with Crippen molar-refractivity contribution in [1.82, 2.24) is 0 Å². The van der Waals surface area contributed by atoms with Gasteiger partial charge in [0.1, 0.15) is 0 Å². The van der Waals surface area contributed by atoms with Gasteiger partial charge in [0.05, 0.1) is 5.60 Å². The Kier molecular flexibility index (Phi) is 3.39.